The van der Waals surface area contributed by atoms with Crippen molar-refractivity contribution < 1.29 is 9.18 Å². The molecule has 27 heavy (non-hydrogen) atoms. The first-order chi connectivity index (χ1) is 13.1. The summed E-state index contributed by atoms with van der Waals surface area (Å²) in [5, 5.41) is 7.98. The van der Waals surface area contributed by atoms with Gasteiger partial charge in [-0.1, -0.05) is 30.3 Å². The molecule has 4 rings (SSSR count). The molecule has 0 aliphatic carbocycles. The number of carbonyl (C=O) groups is 1. The molecular formula is C20H18FN5O. The lowest BCUT2D eigenvalue weighted by molar-refractivity contribution is 0.0927. The molecule has 2 heterocycles. The number of rotatable bonds is 5. The highest BCUT2D eigenvalue weighted by Gasteiger charge is 2.18. The van der Waals surface area contributed by atoms with Crippen molar-refractivity contribution in [3.05, 3.63) is 83.8 Å². The lowest BCUT2D eigenvalue weighted by atomic mass is 10.1. The van der Waals surface area contributed by atoms with Crippen LogP contribution in [-0.4, -0.2) is 25.7 Å². The molecule has 6 nitrogen and oxygen atoms in total. The fourth-order valence-electron chi connectivity index (χ4n) is 3.17. The van der Waals surface area contributed by atoms with Crippen molar-refractivity contribution in [1.29, 1.82) is 0 Å². The molecule has 4 aromatic rings. The summed E-state index contributed by atoms with van der Waals surface area (Å²) in [7, 11) is 0. The third kappa shape index (κ3) is 3.57. The van der Waals surface area contributed by atoms with E-state index in [1.807, 2.05) is 37.3 Å². The maximum Gasteiger partial charge on any atom is 0.268 e. The fraction of sp³-hybridized carbons (Fsp3) is 0.150. The number of amides is 1. The summed E-state index contributed by atoms with van der Waals surface area (Å²) in [4.78, 5) is 19.8. The summed E-state index contributed by atoms with van der Waals surface area (Å²) < 4.78 is 15.3. The van der Waals surface area contributed by atoms with Gasteiger partial charge in [0, 0.05) is 10.9 Å². The number of H-pyrrole nitrogens is 1. The lowest BCUT2D eigenvalue weighted by Gasteiger charge is -2.18. The molecule has 1 atom stereocenters. The van der Waals surface area contributed by atoms with Gasteiger partial charge in [-0.2, -0.15) is 5.10 Å². The van der Waals surface area contributed by atoms with Crippen LogP contribution in [-0.2, 0) is 6.54 Å². The average Bonchev–Trinajstić information content (AvgIpc) is 3.31. The first kappa shape index (κ1) is 17.0. The maximum absolute atomic E-state index is 13.6. The van der Waals surface area contributed by atoms with Gasteiger partial charge in [0.15, 0.2) is 0 Å². The molecule has 0 spiro atoms. The molecule has 0 fully saturated rings. The minimum Gasteiger partial charge on any atom is -0.350 e. The smallest absolute Gasteiger partial charge is 0.268 e. The van der Waals surface area contributed by atoms with E-state index in [9.17, 15) is 9.18 Å². The zero-order chi connectivity index (χ0) is 18.8. The second-order valence-corrected chi connectivity index (χ2v) is 6.42. The highest BCUT2D eigenvalue weighted by atomic mass is 19.1. The Morgan fingerprint density at radius 2 is 2.07 bits per heavy atom. The zero-order valence-electron chi connectivity index (χ0n) is 14.7. The summed E-state index contributed by atoms with van der Waals surface area (Å²) in [5.41, 5.74) is 2.73. The first-order valence-electron chi connectivity index (χ1n) is 8.57. The van der Waals surface area contributed by atoms with E-state index in [0.717, 1.165) is 16.5 Å². The predicted octanol–water partition coefficient (Wildman–Crippen LogP) is 3.38. The van der Waals surface area contributed by atoms with Gasteiger partial charge in [-0.25, -0.2) is 9.37 Å². The van der Waals surface area contributed by atoms with Crippen LogP contribution in [0, 0.1) is 12.7 Å². The lowest BCUT2D eigenvalue weighted by Crippen LogP contribution is -2.31. The standard InChI is InChI=1S/C20H18FN5O/c1-13-7-15(21)8-17-16(13)9-18(24-17)20(27)25-19(10-26-12-22-11-23-26)14-5-3-2-4-6-14/h2-9,11-12,19,24H,10H2,1H3,(H,25,27). The van der Waals surface area contributed by atoms with Crippen LogP contribution in [0.25, 0.3) is 10.9 Å². The largest absolute Gasteiger partial charge is 0.350 e. The maximum atomic E-state index is 13.6. The minimum absolute atomic E-state index is 0.264. The van der Waals surface area contributed by atoms with E-state index in [1.54, 1.807) is 17.1 Å². The van der Waals surface area contributed by atoms with Crippen LogP contribution in [0.4, 0.5) is 4.39 Å². The van der Waals surface area contributed by atoms with Crippen LogP contribution in [0.3, 0.4) is 0 Å². The van der Waals surface area contributed by atoms with E-state index in [-0.39, 0.29) is 17.8 Å². The van der Waals surface area contributed by atoms with Gasteiger partial charge in [-0.15, -0.1) is 0 Å². The summed E-state index contributed by atoms with van der Waals surface area (Å²) in [6.45, 7) is 2.27. The second-order valence-electron chi connectivity index (χ2n) is 6.42. The molecule has 0 aliphatic heterocycles. The molecule has 0 bridgehead atoms. The van der Waals surface area contributed by atoms with E-state index in [1.165, 1.54) is 18.5 Å². The topological polar surface area (TPSA) is 75.6 Å². The van der Waals surface area contributed by atoms with Crippen molar-refractivity contribution >= 4 is 16.8 Å². The van der Waals surface area contributed by atoms with Crippen molar-refractivity contribution in [2.45, 2.75) is 19.5 Å². The number of hydrogen-bond donors (Lipinski definition) is 2. The van der Waals surface area contributed by atoms with Gasteiger partial charge in [0.2, 0.25) is 0 Å². The SMILES string of the molecule is Cc1cc(F)cc2[nH]c(C(=O)NC(Cn3cncn3)c3ccccc3)cc12. The first-order valence-corrected chi connectivity index (χ1v) is 8.57. The molecule has 2 aromatic heterocycles. The van der Waals surface area contributed by atoms with Gasteiger partial charge in [0.05, 0.1) is 12.6 Å². The Kier molecular flexibility index (Phi) is 4.42. The van der Waals surface area contributed by atoms with Crippen LogP contribution in [0.1, 0.15) is 27.7 Å². The molecule has 2 N–H and O–H groups in total. The van der Waals surface area contributed by atoms with Crippen LogP contribution in [0.15, 0.2) is 61.2 Å². The Labute approximate surface area is 155 Å². The van der Waals surface area contributed by atoms with E-state index in [2.05, 4.69) is 20.4 Å². The van der Waals surface area contributed by atoms with Gasteiger partial charge in [0.1, 0.15) is 24.2 Å². The number of hydrogen-bond acceptors (Lipinski definition) is 3. The van der Waals surface area contributed by atoms with Crippen molar-refractivity contribution in [2.75, 3.05) is 0 Å². The van der Waals surface area contributed by atoms with Crippen molar-refractivity contribution in [3.8, 4) is 0 Å². The van der Waals surface area contributed by atoms with Crippen LogP contribution >= 0.6 is 0 Å². The molecule has 7 heteroatoms. The zero-order valence-corrected chi connectivity index (χ0v) is 14.7. The summed E-state index contributed by atoms with van der Waals surface area (Å²) in [6.07, 6.45) is 3.07. The molecule has 1 amide bonds. The van der Waals surface area contributed by atoms with E-state index in [0.29, 0.717) is 17.8 Å². The Balaban J connectivity index is 1.62. The molecule has 136 valence electrons. The molecule has 0 saturated carbocycles. The summed E-state index contributed by atoms with van der Waals surface area (Å²) >= 11 is 0. The van der Waals surface area contributed by atoms with Gasteiger partial charge >= 0.3 is 0 Å². The second kappa shape index (κ2) is 7.03. The van der Waals surface area contributed by atoms with Crippen LogP contribution in [0.5, 0.6) is 0 Å². The molecule has 1 unspecified atom stereocenters. The van der Waals surface area contributed by atoms with E-state index >= 15 is 0 Å². The quantitative estimate of drug-likeness (QED) is 0.571. The Morgan fingerprint density at radius 3 is 2.81 bits per heavy atom. The van der Waals surface area contributed by atoms with Gasteiger partial charge in [-0.3, -0.25) is 9.48 Å². The third-order valence-corrected chi connectivity index (χ3v) is 4.50. The van der Waals surface area contributed by atoms with E-state index in [4.69, 9.17) is 0 Å². The molecule has 2 aromatic carbocycles. The molecule has 0 aliphatic rings. The van der Waals surface area contributed by atoms with Crippen molar-refractivity contribution in [3.63, 3.8) is 0 Å². The van der Waals surface area contributed by atoms with E-state index < -0.39 is 0 Å². The number of nitrogens with zero attached hydrogens (tertiary/aromatic N) is 3. The number of aromatic nitrogens is 4. The highest BCUT2D eigenvalue weighted by molar-refractivity contribution is 5.99. The Bertz CT molecular complexity index is 1070. The highest BCUT2D eigenvalue weighted by Crippen LogP contribution is 2.22. The van der Waals surface area contributed by atoms with Gasteiger partial charge in [0.25, 0.3) is 5.91 Å². The number of aromatic amines is 1. The number of fused-ring (bicyclic) bond motifs is 1. The molecule has 0 radical (unpaired) electrons. The number of carbonyl (C=O) groups excluding carboxylic acids is 1. The Hall–Kier alpha value is -3.48. The van der Waals surface area contributed by atoms with Crippen LogP contribution in [0.2, 0.25) is 0 Å². The number of nitrogens with one attached hydrogen (secondary N) is 2. The number of benzene rings is 2. The monoisotopic (exact) mass is 363 g/mol. The fourth-order valence-corrected chi connectivity index (χ4v) is 3.17. The van der Waals surface area contributed by atoms with Gasteiger partial charge < -0.3 is 10.3 Å². The third-order valence-electron chi connectivity index (χ3n) is 4.50. The minimum atomic E-state index is -0.331. The normalized spacial score (nSPS) is 12.2. The van der Waals surface area contributed by atoms with Crippen LogP contribution < -0.4 is 5.32 Å². The predicted molar refractivity (Wildman–Crippen MR) is 99.7 cm³/mol. The number of halogens is 1. The molecular weight excluding hydrogens is 345 g/mol. The Morgan fingerprint density at radius 1 is 1.26 bits per heavy atom. The average molecular weight is 363 g/mol. The summed E-state index contributed by atoms with van der Waals surface area (Å²) in [6, 6.07) is 14.0. The van der Waals surface area contributed by atoms with Crippen molar-refractivity contribution in [1.82, 2.24) is 25.1 Å². The number of aryl methyl sites for hydroxylation is 1. The van der Waals surface area contributed by atoms with Gasteiger partial charge in [-0.05, 0) is 36.2 Å². The van der Waals surface area contributed by atoms with Crippen molar-refractivity contribution in [2.24, 2.45) is 0 Å². The molecule has 0 saturated heterocycles. The summed E-state index contributed by atoms with van der Waals surface area (Å²) in [5.74, 6) is -0.595.